The van der Waals surface area contributed by atoms with Gasteiger partial charge in [0.1, 0.15) is 0 Å². The van der Waals surface area contributed by atoms with Crippen LogP contribution in [-0.2, 0) is 4.79 Å². The molecule has 1 N–H and O–H groups in total. The van der Waals surface area contributed by atoms with Gasteiger partial charge in [0.25, 0.3) is 0 Å². The molecule has 2 saturated heterocycles. The summed E-state index contributed by atoms with van der Waals surface area (Å²) in [4.78, 5) is 27.9. The summed E-state index contributed by atoms with van der Waals surface area (Å²) in [7, 11) is 0. The van der Waals surface area contributed by atoms with E-state index in [-0.39, 0.29) is 23.5 Å². The summed E-state index contributed by atoms with van der Waals surface area (Å²) in [6, 6.07) is -0.0564. The zero-order chi connectivity index (χ0) is 14.9. The van der Waals surface area contributed by atoms with Crippen LogP contribution in [0, 0.1) is 5.92 Å². The first kappa shape index (κ1) is 15.1. The van der Waals surface area contributed by atoms with Gasteiger partial charge in [0.05, 0.1) is 6.04 Å². The molecule has 2 heterocycles. The van der Waals surface area contributed by atoms with Crippen LogP contribution >= 0.6 is 0 Å². The van der Waals surface area contributed by atoms with E-state index in [0.29, 0.717) is 18.9 Å². The highest BCUT2D eigenvalue weighted by molar-refractivity contribution is 5.82. The van der Waals surface area contributed by atoms with Crippen molar-refractivity contribution < 1.29 is 9.59 Å². The Morgan fingerprint density at radius 2 is 1.85 bits per heavy atom. The number of urea groups is 1. The van der Waals surface area contributed by atoms with Gasteiger partial charge in [0, 0.05) is 31.6 Å². The molecule has 0 aliphatic carbocycles. The predicted octanol–water partition coefficient (Wildman–Crippen LogP) is 1.83. The molecule has 1 unspecified atom stereocenters. The molecule has 0 saturated carbocycles. The third kappa shape index (κ3) is 3.44. The Bertz CT molecular complexity index is 381. The molecule has 5 heteroatoms. The van der Waals surface area contributed by atoms with Crippen molar-refractivity contribution >= 4 is 11.9 Å². The summed E-state index contributed by atoms with van der Waals surface area (Å²) < 4.78 is 0. The van der Waals surface area contributed by atoms with Crippen LogP contribution in [0.2, 0.25) is 0 Å². The minimum atomic E-state index is -0.170. The van der Waals surface area contributed by atoms with E-state index in [0.717, 1.165) is 25.9 Å². The Balaban J connectivity index is 1.85. The normalized spacial score (nSPS) is 25.2. The molecule has 1 atom stereocenters. The van der Waals surface area contributed by atoms with Crippen molar-refractivity contribution in [2.24, 2.45) is 5.92 Å². The average Bonchev–Trinajstić information content (AvgIpc) is 2.70. The first-order valence-corrected chi connectivity index (χ1v) is 7.63. The summed E-state index contributed by atoms with van der Waals surface area (Å²) in [5, 5.41) is 3.02. The molecular formula is C15H27N3O2. The molecule has 0 aromatic rings. The first-order chi connectivity index (χ1) is 9.27. The van der Waals surface area contributed by atoms with E-state index >= 15 is 0 Å². The van der Waals surface area contributed by atoms with Gasteiger partial charge in [-0.2, -0.15) is 0 Å². The Hall–Kier alpha value is -1.26. The largest absolute Gasteiger partial charge is 0.336 e. The summed E-state index contributed by atoms with van der Waals surface area (Å²) in [5.74, 6) is 0.846. The first-order valence-electron chi connectivity index (χ1n) is 7.63. The monoisotopic (exact) mass is 281 g/mol. The fraction of sp³-hybridized carbons (Fsp3) is 0.867. The molecule has 0 aromatic carbocycles. The lowest BCUT2D eigenvalue weighted by Crippen LogP contribution is -2.49. The van der Waals surface area contributed by atoms with Crippen LogP contribution in [0.15, 0.2) is 0 Å². The molecule has 114 valence electrons. The van der Waals surface area contributed by atoms with Gasteiger partial charge in [-0.1, -0.05) is 6.92 Å². The molecule has 5 nitrogen and oxygen atoms in total. The minimum absolute atomic E-state index is 0.00883. The molecule has 2 rings (SSSR count). The average molecular weight is 281 g/mol. The van der Waals surface area contributed by atoms with Crippen molar-refractivity contribution in [1.29, 1.82) is 0 Å². The van der Waals surface area contributed by atoms with Gasteiger partial charge in [-0.3, -0.25) is 4.79 Å². The van der Waals surface area contributed by atoms with Crippen LogP contribution in [0.1, 0.15) is 47.0 Å². The second kappa shape index (κ2) is 5.62. The van der Waals surface area contributed by atoms with Crippen molar-refractivity contribution in [1.82, 2.24) is 15.1 Å². The van der Waals surface area contributed by atoms with Gasteiger partial charge in [0.15, 0.2) is 0 Å². The molecule has 0 bridgehead atoms. The number of rotatable bonds is 1. The van der Waals surface area contributed by atoms with Crippen LogP contribution in [0.25, 0.3) is 0 Å². The number of likely N-dealkylation sites (tertiary alicyclic amines) is 2. The van der Waals surface area contributed by atoms with Crippen molar-refractivity contribution in [3.63, 3.8) is 0 Å². The molecule has 0 aromatic heterocycles. The molecule has 0 spiro atoms. The topological polar surface area (TPSA) is 52.7 Å². The van der Waals surface area contributed by atoms with E-state index in [9.17, 15) is 9.59 Å². The number of nitrogens with zero attached hydrogens (tertiary/aromatic N) is 2. The maximum Gasteiger partial charge on any atom is 0.317 e. The third-order valence-electron chi connectivity index (χ3n) is 4.33. The van der Waals surface area contributed by atoms with E-state index in [1.54, 1.807) is 0 Å². The maximum atomic E-state index is 12.2. The fourth-order valence-electron chi connectivity index (χ4n) is 2.93. The van der Waals surface area contributed by atoms with Crippen molar-refractivity contribution in [3.05, 3.63) is 0 Å². The number of hydrogen-bond donors (Lipinski definition) is 1. The molecule has 0 radical (unpaired) electrons. The molecule has 2 aliphatic heterocycles. The van der Waals surface area contributed by atoms with Crippen LogP contribution in [-0.4, -0.2) is 53.0 Å². The number of piperidine rings is 1. The van der Waals surface area contributed by atoms with Crippen LogP contribution in [0.3, 0.4) is 0 Å². The van der Waals surface area contributed by atoms with E-state index in [4.69, 9.17) is 0 Å². The quantitative estimate of drug-likeness (QED) is 0.797. The fourth-order valence-corrected chi connectivity index (χ4v) is 2.93. The smallest absolute Gasteiger partial charge is 0.317 e. The number of nitrogens with one attached hydrogen (secondary N) is 1. The maximum absolute atomic E-state index is 12.2. The highest BCUT2D eigenvalue weighted by Gasteiger charge is 2.37. The lowest BCUT2D eigenvalue weighted by Gasteiger charge is -2.33. The van der Waals surface area contributed by atoms with Crippen molar-refractivity contribution in [2.75, 3.05) is 19.6 Å². The lowest BCUT2D eigenvalue weighted by molar-refractivity contribution is -0.131. The van der Waals surface area contributed by atoms with E-state index in [2.05, 4.69) is 12.2 Å². The lowest BCUT2D eigenvalue weighted by atomic mass is 10.00. The Morgan fingerprint density at radius 1 is 1.25 bits per heavy atom. The molecule has 3 amide bonds. The van der Waals surface area contributed by atoms with Crippen molar-refractivity contribution in [2.45, 2.75) is 58.5 Å². The zero-order valence-electron chi connectivity index (χ0n) is 13.1. The molecular weight excluding hydrogens is 254 g/mol. The molecule has 2 aliphatic rings. The SMILES string of the molecule is CC1CCN(C(=O)NC2CC(=O)N(C(C)(C)C)C2)CC1. The van der Waals surface area contributed by atoms with Crippen LogP contribution in [0.4, 0.5) is 4.79 Å². The second-order valence-electron chi connectivity index (χ2n) is 7.20. The van der Waals surface area contributed by atoms with Gasteiger partial charge >= 0.3 is 6.03 Å². The van der Waals surface area contributed by atoms with E-state index < -0.39 is 0 Å². The predicted molar refractivity (Wildman–Crippen MR) is 78.4 cm³/mol. The van der Waals surface area contributed by atoms with E-state index in [1.165, 1.54) is 0 Å². The number of carbonyl (C=O) groups excluding carboxylic acids is 2. The van der Waals surface area contributed by atoms with Gasteiger partial charge < -0.3 is 15.1 Å². The Labute approximate surface area is 121 Å². The Morgan fingerprint density at radius 3 is 2.35 bits per heavy atom. The van der Waals surface area contributed by atoms with Gasteiger partial charge in [-0.05, 0) is 39.5 Å². The van der Waals surface area contributed by atoms with Gasteiger partial charge in [-0.25, -0.2) is 4.79 Å². The van der Waals surface area contributed by atoms with Crippen LogP contribution in [0.5, 0.6) is 0 Å². The van der Waals surface area contributed by atoms with Gasteiger partial charge in [-0.15, -0.1) is 0 Å². The van der Waals surface area contributed by atoms with Crippen molar-refractivity contribution in [3.8, 4) is 0 Å². The third-order valence-corrected chi connectivity index (χ3v) is 4.33. The van der Waals surface area contributed by atoms with Gasteiger partial charge in [0.2, 0.25) is 5.91 Å². The Kier molecular flexibility index (Phi) is 4.25. The summed E-state index contributed by atoms with van der Waals surface area (Å²) >= 11 is 0. The zero-order valence-corrected chi connectivity index (χ0v) is 13.1. The summed E-state index contributed by atoms with van der Waals surface area (Å²) in [6.45, 7) is 10.6. The van der Waals surface area contributed by atoms with Crippen LogP contribution < -0.4 is 5.32 Å². The summed E-state index contributed by atoms with van der Waals surface area (Å²) in [5.41, 5.74) is -0.170. The minimum Gasteiger partial charge on any atom is -0.336 e. The molecule has 20 heavy (non-hydrogen) atoms. The molecule has 2 fully saturated rings. The second-order valence-corrected chi connectivity index (χ2v) is 7.20. The van der Waals surface area contributed by atoms with E-state index in [1.807, 2.05) is 30.6 Å². The number of amides is 3. The highest BCUT2D eigenvalue weighted by atomic mass is 16.2. The summed E-state index contributed by atoms with van der Waals surface area (Å²) in [6.07, 6.45) is 2.57. The number of hydrogen-bond acceptors (Lipinski definition) is 2. The standard InChI is InChI=1S/C15H27N3O2/c1-11-5-7-17(8-6-11)14(20)16-12-9-13(19)18(10-12)15(2,3)4/h11-12H,5-10H2,1-4H3,(H,16,20). The highest BCUT2D eigenvalue weighted by Crippen LogP contribution is 2.22. The number of carbonyl (C=O) groups is 2.